The Bertz CT molecular complexity index is 968. The van der Waals surface area contributed by atoms with E-state index in [9.17, 15) is 0 Å². The summed E-state index contributed by atoms with van der Waals surface area (Å²) in [5.41, 5.74) is 7.34. The average Bonchev–Trinajstić information content (AvgIpc) is 2.97. The van der Waals surface area contributed by atoms with Crippen LogP contribution in [0, 0.1) is 13.8 Å². The summed E-state index contributed by atoms with van der Waals surface area (Å²) < 4.78 is 0. The van der Waals surface area contributed by atoms with Crippen LogP contribution in [0.15, 0.2) is 48.8 Å². The van der Waals surface area contributed by atoms with Crippen LogP contribution in [0.25, 0.3) is 21.9 Å². The molecule has 0 aliphatic heterocycles. The van der Waals surface area contributed by atoms with Crippen LogP contribution in [0.5, 0.6) is 0 Å². The van der Waals surface area contributed by atoms with Crippen molar-refractivity contribution < 1.29 is 0 Å². The van der Waals surface area contributed by atoms with E-state index in [4.69, 9.17) is 0 Å². The number of anilines is 2. The molecule has 0 atom stereocenters. The lowest BCUT2D eigenvalue weighted by Gasteiger charge is -2.12. The highest BCUT2D eigenvalue weighted by atomic mass is 14.9. The van der Waals surface area contributed by atoms with Gasteiger partial charge < -0.3 is 10.3 Å². The molecule has 0 fully saturated rings. The van der Waals surface area contributed by atoms with Crippen molar-refractivity contribution in [3.63, 3.8) is 0 Å². The quantitative estimate of drug-likeness (QED) is 0.572. The standard InChI is InChI=1S/C18H16N4/c1-11-3-5-13(6-4-11)22-16-9-12(2)21-14-7-8-15-18(17(14)16)20-10-19-15/h3-10,21-22H,1-2H3. The number of aryl methyl sites for hydroxylation is 2. The molecule has 108 valence electrons. The molecule has 0 bridgehead atoms. The van der Waals surface area contributed by atoms with Crippen molar-refractivity contribution in [3.8, 4) is 0 Å². The van der Waals surface area contributed by atoms with Crippen LogP contribution in [-0.4, -0.2) is 15.0 Å². The van der Waals surface area contributed by atoms with E-state index in [0.717, 1.165) is 39.0 Å². The maximum atomic E-state index is 4.42. The third-order valence-corrected chi connectivity index (χ3v) is 3.83. The molecule has 0 unspecified atom stereocenters. The van der Waals surface area contributed by atoms with Crippen molar-refractivity contribution in [2.24, 2.45) is 0 Å². The monoisotopic (exact) mass is 288 g/mol. The fourth-order valence-electron chi connectivity index (χ4n) is 2.77. The van der Waals surface area contributed by atoms with Crippen LogP contribution in [0.1, 0.15) is 11.3 Å². The summed E-state index contributed by atoms with van der Waals surface area (Å²) in [4.78, 5) is 12.1. The Kier molecular flexibility index (Phi) is 2.82. The summed E-state index contributed by atoms with van der Waals surface area (Å²) in [6, 6.07) is 14.5. The largest absolute Gasteiger partial charge is 0.358 e. The SMILES string of the molecule is Cc1ccc(Nc2cc(C)[nH]c3ccc4ncnc4c23)cc1. The van der Waals surface area contributed by atoms with E-state index in [0.29, 0.717) is 0 Å². The van der Waals surface area contributed by atoms with E-state index >= 15 is 0 Å². The summed E-state index contributed by atoms with van der Waals surface area (Å²) in [6.45, 7) is 4.14. The minimum absolute atomic E-state index is 0.914. The fraction of sp³-hybridized carbons (Fsp3) is 0.111. The molecule has 0 radical (unpaired) electrons. The predicted molar refractivity (Wildman–Crippen MR) is 90.6 cm³/mol. The second-order valence-corrected chi connectivity index (χ2v) is 5.59. The first-order valence-corrected chi connectivity index (χ1v) is 7.27. The van der Waals surface area contributed by atoms with Crippen LogP contribution >= 0.6 is 0 Å². The molecule has 0 saturated carbocycles. The Hall–Kier alpha value is -2.88. The van der Waals surface area contributed by atoms with Crippen molar-refractivity contribution >= 4 is 33.3 Å². The number of benzene rings is 2. The first kappa shape index (κ1) is 12.8. The molecular formula is C18H16N4. The van der Waals surface area contributed by atoms with E-state index < -0.39 is 0 Å². The third kappa shape index (κ3) is 2.09. The van der Waals surface area contributed by atoms with Crippen LogP contribution < -0.4 is 5.32 Å². The molecule has 4 rings (SSSR count). The Morgan fingerprint density at radius 2 is 1.77 bits per heavy atom. The van der Waals surface area contributed by atoms with Crippen LogP contribution in [0.3, 0.4) is 0 Å². The minimum Gasteiger partial charge on any atom is -0.358 e. The first-order chi connectivity index (χ1) is 10.7. The maximum Gasteiger partial charge on any atom is 0.116 e. The molecule has 4 nitrogen and oxygen atoms in total. The molecule has 2 aromatic heterocycles. The number of nitrogens with one attached hydrogen (secondary N) is 2. The average molecular weight is 288 g/mol. The number of rotatable bonds is 2. The highest BCUT2D eigenvalue weighted by Gasteiger charge is 2.10. The molecule has 0 spiro atoms. The summed E-state index contributed by atoms with van der Waals surface area (Å²) in [6.07, 6.45) is 1.61. The lowest BCUT2D eigenvalue weighted by molar-refractivity contribution is 1.26. The van der Waals surface area contributed by atoms with Gasteiger partial charge in [-0.25, -0.2) is 9.97 Å². The summed E-state index contributed by atoms with van der Waals surface area (Å²) >= 11 is 0. The number of imidazole rings is 1. The zero-order chi connectivity index (χ0) is 15.1. The van der Waals surface area contributed by atoms with Crippen molar-refractivity contribution in [1.82, 2.24) is 15.0 Å². The van der Waals surface area contributed by atoms with Gasteiger partial charge in [0.15, 0.2) is 0 Å². The summed E-state index contributed by atoms with van der Waals surface area (Å²) in [7, 11) is 0. The Morgan fingerprint density at radius 3 is 2.59 bits per heavy atom. The van der Waals surface area contributed by atoms with Crippen LogP contribution in [0.4, 0.5) is 11.4 Å². The summed E-state index contributed by atoms with van der Waals surface area (Å²) in [5.74, 6) is 0. The smallest absolute Gasteiger partial charge is 0.116 e. The zero-order valence-corrected chi connectivity index (χ0v) is 12.5. The van der Waals surface area contributed by atoms with Gasteiger partial charge in [-0.2, -0.15) is 0 Å². The molecule has 22 heavy (non-hydrogen) atoms. The number of H-pyrrole nitrogens is 1. The van der Waals surface area contributed by atoms with Gasteiger partial charge in [0, 0.05) is 22.3 Å². The zero-order valence-electron chi connectivity index (χ0n) is 12.5. The first-order valence-electron chi connectivity index (χ1n) is 7.27. The van der Waals surface area contributed by atoms with Gasteiger partial charge in [0.05, 0.1) is 11.2 Å². The van der Waals surface area contributed by atoms with E-state index in [2.05, 4.69) is 70.5 Å². The van der Waals surface area contributed by atoms with Crippen LogP contribution in [-0.2, 0) is 0 Å². The van der Waals surface area contributed by atoms with Crippen LogP contribution in [0.2, 0.25) is 0 Å². The second-order valence-electron chi connectivity index (χ2n) is 5.59. The minimum atomic E-state index is 0.914. The lowest BCUT2D eigenvalue weighted by atomic mass is 10.1. The van der Waals surface area contributed by atoms with Gasteiger partial charge in [0.2, 0.25) is 0 Å². The number of pyridine rings is 1. The van der Waals surface area contributed by atoms with Crippen molar-refractivity contribution in [2.75, 3.05) is 5.32 Å². The molecule has 2 heterocycles. The normalized spacial score (nSPS) is 11.2. The molecular weight excluding hydrogens is 272 g/mol. The highest BCUT2D eigenvalue weighted by molar-refractivity contribution is 6.10. The van der Waals surface area contributed by atoms with E-state index in [-0.39, 0.29) is 0 Å². The van der Waals surface area contributed by atoms with Gasteiger partial charge >= 0.3 is 0 Å². The van der Waals surface area contributed by atoms with Gasteiger partial charge in [0.1, 0.15) is 11.8 Å². The molecule has 0 aliphatic rings. The van der Waals surface area contributed by atoms with Gasteiger partial charge in [-0.05, 0) is 44.2 Å². The highest BCUT2D eigenvalue weighted by Crippen LogP contribution is 2.31. The van der Waals surface area contributed by atoms with Crippen molar-refractivity contribution in [1.29, 1.82) is 0 Å². The van der Waals surface area contributed by atoms with E-state index in [1.165, 1.54) is 5.56 Å². The number of aromatic amines is 1. The number of fused-ring (bicyclic) bond motifs is 3. The number of nitrogens with zero attached hydrogens (tertiary/aromatic N) is 2. The second kappa shape index (κ2) is 4.84. The van der Waals surface area contributed by atoms with Gasteiger partial charge in [-0.3, -0.25) is 0 Å². The molecule has 2 N–H and O–H groups in total. The third-order valence-electron chi connectivity index (χ3n) is 3.83. The topological polar surface area (TPSA) is 53.6 Å². The van der Waals surface area contributed by atoms with E-state index in [1.807, 2.05) is 6.07 Å². The fourth-order valence-corrected chi connectivity index (χ4v) is 2.77. The number of hydrogen-bond acceptors (Lipinski definition) is 3. The Labute approximate surface area is 128 Å². The summed E-state index contributed by atoms with van der Waals surface area (Å²) in [5, 5.41) is 4.58. The van der Waals surface area contributed by atoms with Crippen molar-refractivity contribution in [3.05, 3.63) is 60.0 Å². The molecule has 0 amide bonds. The number of aromatic nitrogens is 3. The maximum absolute atomic E-state index is 4.42. The Balaban J connectivity index is 1.94. The molecule has 4 aromatic rings. The molecule has 2 aromatic carbocycles. The number of hydrogen-bond donors (Lipinski definition) is 2. The van der Waals surface area contributed by atoms with Gasteiger partial charge in [0.25, 0.3) is 0 Å². The molecule has 4 heteroatoms. The molecule has 0 aliphatic carbocycles. The lowest BCUT2D eigenvalue weighted by Crippen LogP contribution is -1.95. The Morgan fingerprint density at radius 1 is 0.955 bits per heavy atom. The van der Waals surface area contributed by atoms with Gasteiger partial charge in [-0.15, -0.1) is 0 Å². The van der Waals surface area contributed by atoms with E-state index in [1.54, 1.807) is 6.33 Å². The predicted octanol–water partition coefficient (Wildman–Crippen LogP) is 4.47. The molecule has 0 saturated heterocycles. The van der Waals surface area contributed by atoms with Crippen molar-refractivity contribution in [2.45, 2.75) is 13.8 Å². The van der Waals surface area contributed by atoms with Gasteiger partial charge in [-0.1, -0.05) is 17.7 Å².